The minimum absolute atomic E-state index is 0.0239. The lowest BCUT2D eigenvalue weighted by molar-refractivity contribution is -0.123. The number of nitrogens with two attached hydrogens (primary N) is 1. The number of ether oxygens (including phenoxy) is 1. The molecule has 0 radical (unpaired) electrons. The molecule has 1 aliphatic heterocycles. The third-order valence-electron chi connectivity index (χ3n) is 3.86. The monoisotopic (exact) mass is 296 g/mol. The van der Waals surface area contributed by atoms with Crippen molar-refractivity contribution in [2.45, 2.75) is 24.9 Å². The molecule has 0 spiro atoms. The van der Waals surface area contributed by atoms with Crippen molar-refractivity contribution in [2.24, 2.45) is 5.73 Å². The first kappa shape index (κ1) is 14.6. The molecule has 114 valence electrons. The van der Waals surface area contributed by atoms with Crippen molar-refractivity contribution >= 4 is 5.91 Å². The summed E-state index contributed by atoms with van der Waals surface area (Å²) >= 11 is 0. The maximum Gasteiger partial charge on any atom is 0.237 e. The van der Waals surface area contributed by atoms with E-state index in [4.69, 9.17) is 10.5 Å². The third-order valence-corrected chi connectivity index (χ3v) is 3.86. The number of carbonyl (C=O) groups is 1. The van der Waals surface area contributed by atoms with Gasteiger partial charge in [-0.2, -0.15) is 0 Å². The van der Waals surface area contributed by atoms with Gasteiger partial charge in [-0.3, -0.25) is 4.79 Å². The third kappa shape index (κ3) is 3.46. The number of hydrogen-bond acceptors (Lipinski definition) is 3. The SMILES string of the molecule is N[C@@H](Cc1ccccc1)C(=O)NC1COc2ccccc2C1. The predicted molar refractivity (Wildman–Crippen MR) is 85.7 cm³/mol. The molecule has 0 aliphatic carbocycles. The molecule has 0 aromatic heterocycles. The molecule has 4 heteroatoms. The zero-order valence-electron chi connectivity index (χ0n) is 12.4. The Morgan fingerprint density at radius 3 is 2.73 bits per heavy atom. The van der Waals surface area contributed by atoms with Crippen molar-refractivity contribution in [1.29, 1.82) is 0 Å². The number of benzene rings is 2. The van der Waals surface area contributed by atoms with Gasteiger partial charge >= 0.3 is 0 Å². The van der Waals surface area contributed by atoms with Crippen LogP contribution in [0.2, 0.25) is 0 Å². The van der Waals surface area contributed by atoms with Gasteiger partial charge in [0.05, 0.1) is 12.1 Å². The second kappa shape index (κ2) is 6.62. The molecule has 2 aromatic rings. The van der Waals surface area contributed by atoms with Gasteiger partial charge in [-0.25, -0.2) is 0 Å². The van der Waals surface area contributed by atoms with Crippen molar-refractivity contribution in [3.05, 3.63) is 65.7 Å². The van der Waals surface area contributed by atoms with Crippen LogP contribution in [0.3, 0.4) is 0 Å². The Morgan fingerprint density at radius 1 is 1.18 bits per heavy atom. The van der Waals surface area contributed by atoms with Gasteiger partial charge in [0.2, 0.25) is 5.91 Å². The second-order valence-corrected chi connectivity index (χ2v) is 5.62. The van der Waals surface area contributed by atoms with E-state index in [2.05, 4.69) is 5.32 Å². The van der Waals surface area contributed by atoms with Gasteiger partial charge in [-0.05, 0) is 30.0 Å². The van der Waals surface area contributed by atoms with E-state index >= 15 is 0 Å². The summed E-state index contributed by atoms with van der Waals surface area (Å²) in [5.41, 5.74) is 8.19. The van der Waals surface area contributed by atoms with Crippen molar-refractivity contribution in [1.82, 2.24) is 5.32 Å². The van der Waals surface area contributed by atoms with Crippen LogP contribution in [0.4, 0.5) is 0 Å². The molecule has 3 rings (SSSR count). The molecule has 0 saturated carbocycles. The number of fused-ring (bicyclic) bond motifs is 1. The lowest BCUT2D eigenvalue weighted by atomic mass is 10.0. The summed E-state index contributed by atoms with van der Waals surface area (Å²) in [5, 5.41) is 2.99. The summed E-state index contributed by atoms with van der Waals surface area (Å²) in [5.74, 6) is 0.776. The number of nitrogens with one attached hydrogen (secondary N) is 1. The fourth-order valence-electron chi connectivity index (χ4n) is 2.69. The highest BCUT2D eigenvalue weighted by Gasteiger charge is 2.23. The molecule has 3 N–H and O–H groups in total. The number of carbonyl (C=O) groups excluding carboxylic acids is 1. The van der Waals surface area contributed by atoms with Crippen LogP contribution < -0.4 is 15.8 Å². The fraction of sp³-hybridized carbons (Fsp3) is 0.278. The van der Waals surface area contributed by atoms with Crippen molar-refractivity contribution in [2.75, 3.05) is 6.61 Å². The molecule has 1 unspecified atom stereocenters. The Morgan fingerprint density at radius 2 is 1.91 bits per heavy atom. The molecule has 22 heavy (non-hydrogen) atoms. The zero-order chi connectivity index (χ0) is 15.4. The van der Waals surface area contributed by atoms with Gasteiger partial charge < -0.3 is 15.8 Å². The van der Waals surface area contributed by atoms with Crippen LogP contribution in [0.5, 0.6) is 5.75 Å². The van der Waals surface area contributed by atoms with Gasteiger partial charge in [0.15, 0.2) is 0 Å². The minimum Gasteiger partial charge on any atom is -0.491 e. The Balaban J connectivity index is 1.56. The highest BCUT2D eigenvalue weighted by Crippen LogP contribution is 2.23. The first-order chi connectivity index (χ1) is 10.7. The Labute approximate surface area is 130 Å². The van der Waals surface area contributed by atoms with E-state index in [9.17, 15) is 4.79 Å². The fourth-order valence-corrected chi connectivity index (χ4v) is 2.69. The summed E-state index contributed by atoms with van der Waals surface area (Å²) in [6.07, 6.45) is 1.32. The molecule has 0 saturated heterocycles. The lowest BCUT2D eigenvalue weighted by Crippen LogP contribution is -2.50. The van der Waals surface area contributed by atoms with E-state index in [1.807, 2.05) is 54.6 Å². The van der Waals surface area contributed by atoms with Gasteiger partial charge in [-0.15, -0.1) is 0 Å². The molecule has 2 atom stereocenters. The van der Waals surface area contributed by atoms with E-state index < -0.39 is 6.04 Å². The molecule has 1 amide bonds. The lowest BCUT2D eigenvalue weighted by Gasteiger charge is -2.27. The van der Waals surface area contributed by atoms with E-state index in [0.29, 0.717) is 13.0 Å². The molecule has 2 aromatic carbocycles. The molecule has 0 fully saturated rings. The summed E-state index contributed by atoms with van der Waals surface area (Å²) in [4.78, 5) is 12.2. The highest BCUT2D eigenvalue weighted by molar-refractivity contribution is 5.82. The number of hydrogen-bond donors (Lipinski definition) is 2. The average Bonchev–Trinajstić information content (AvgIpc) is 2.55. The average molecular weight is 296 g/mol. The number of para-hydroxylation sites is 1. The Kier molecular flexibility index (Phi) is 4.39. The summed E-state index contributed by atoms with van der Waals surface area (Å²) < 4.78 is 5.68. The molecular weight excluding hydrogens is 276 g/mol. The van der Waals surface area contributed by atoms with Crippen LogP contribution in [-0.2, 0) is 17.6 Å². The van der Waals surface area contributed by atoms with Gasteiger partial charge in [0.1, 0.15) is 12.4 Å². The normalized spacial score (nSPS) is 18.0. The van der Waals surface area contributed by atoms with E-state index in [-0.39, 0.29) is 11.9 Å². The molecule has 1 heterocycles. The van der Waals surface area contributed by atoms with Crippen molar-refractivity contribution < 1.29 is 9.53 Å². The molecule has 4 nitrogen and oxygen atoms in total. The van der Waals surface area contributed by atoms with Gasteiger partial charge in [-0.1, -0.05) is 48.5 Å². The first-order valence-corrected chi connectivity index (χ1v) is 7.53. The Bertz CT molecular complexity index is 643. The van der Waals surface area contributed by atoms with Crippen LogP contribution in [0, 0.1) is 0 Å². The zero-order valence-corrected chi connectivity index (χ0v) is 12.4. The summed E-state index contributed by atoms with van der Waals surface area (Å²) in [7, 11) is 0. The van der Waals surface area contributed by atoms with E-state index in [1.54, 1.807) is 0 Å². The summed E-state index contributed by atoms with van der Waals surface area (Å²) in [6.45, 7) is 0.487. The van der Waals surface area contributed by atoms with Gasteiger partial charge in [0, 0.05) is 0 Å². The van der Waals surface area contributed by atoms with Crippen LogP contribution in [0.25, 0.3) is 0 Å². The Hall–Kier alpha value is -2.33. The van der Waals surface area contributed by atoms with Gasteiger partial charge in [0.25, 0.3) is 0 Å². The smallest absolute Gasteiger partial charge is 0.237 e. The molecule has 1 aliphatic rings. The number of amides is 1. The molecular formula is C18H20N2O2. The second-order valence-electron chi connectivity index (χ2n) is 5.62. The predicted octanol–water partition coefficient (Wildman–Crippen LogP) is 1.68. The van der Waals surface area contributed by atoms with Crippen LogP contribution in [-0.4, -0.2) is 24.6 Å². The van der Waals surface area contributed by atoms with Crippen LogP contribution in [0.1, 0.15) is 11.1 Å². The maximum atomic E-state index is 12.2. The first-order valence-electron chi connectivity index (χ1n) is 7.53. The quantitative estimate of drug-likeness (QED) is 0.902. The summed E-state index contributed by atoms with van der Waals surface area (Å²) in [6, 6.07) is 17.2. The highest BCUT2D eigenvalue weighted by atomic mass is 16.5. The van der Waals surface area contributed by atoms with E-state index in [0.717, 1.165) is 23.3 Å². The largest absolute Gasteiger partial charge is 0.491 e. The number of rotatable bonds is 4. The van der Waals surface area contributed by atoms with Crippen LogP contribution >= 0.6 is 0 Å². The van der Waals surface area contributed by atoms with Crippen LogP contribution in [0.15, 0.2) is 54.6 Å². The van der Waals surface area contributed by atoms with Crippen molar-refractivity contribution in [3.63, 3.8) is 0 Å². The van der Waals surface area contributed by atoms with E-state index in [1.165, 1.54) is 0 Å². The topological polar surface area (TPSA) is 64.4 Å². The van der Waals surface area contributed by atoms with Crippen molar-refractivity contribution in [3.8, 4) is 5.75 Å². The molecule has 0 bridgehead atoms. The standard InChI is InChI=1S/C18H20N2O2/c19-16(10-13-6-2-1-3-7-13)18(21)20-15-11-14-8-4-5-9-17(14)22-12-15/h1-9,15-16H,10-12,19H2,(H,20,21)/t15?,16-/m0/s1. The maximum absolute atomic E-state index is 12.2. The minimum atomic E-state index is -0.542.